The molecule has 0 spiro atoms. The van der Waals surface area contributed by atoms with Gasteiger partial charge >= 0.3 is 0 Å². The monoisotopic (exact) mass is 653 g/mol. The van der Waals surface area contributed by atoms with Crippen molar-refractivity contribution in [1.29, 1.82) is 0 Å². The van der Waals surface area contributed by atoms with Crippen LogP contribution in [0.15, 0.2) is 58.4 Å². The smallest absolute Gasteiger partial charge is 0.282 e. The molecule has 0 aliphatic carbocycles. The summed E-state index contributed by atoms with van der Waals surface area (Å²) >= 11 is 2.24. The molecule has 0 fully saturated rings. The highest BCUT2D eigenvalue weighted by atomic mass is 127. The van der Waals surface area contributed by atoms with Crippen molar-refractivity contribution in [3.63, 3.8) is 0 Å². The Morgan fingerprint density at radius 3 is 2.50 bits per heavy atom. The van der Waals surface area contributed by atoms with Gasteiger partial charge in [-0.2, -0.15) is 9.78 Å². The summed E-state index contributed by atoms with van der Waals surface area (Å²) in [6.45, 7) is 12.9. The molecule has 1 aromatic heterocycles. The highest BCUT2D eigenvalue weighted by molar-refractivity contribution is 14.1. The van der Waals surface area contributed by atoms with E-state index in [0.29, 0.717) is 34.8 Å². The first-order valence-corrected chi connectivity index (χ1v) is 14.6. The lowest BCUT2D eigenvalue weighted by molar-refractivity contribution is 0.206. The molecular formula is C32H36IN3O4. The molecule has 3 aromatic carbocycles. The quantitative estimate of drug-likeness (QED) is 0.130. The van der Waals surface area contributed by atoms with Crippen LogP contribution in [0.1, 0.15) is 63.6 Å². The number of aryl methyl sites for hydroxylation is 1. The normalized spacial score (nSPS) is 12.3. The predicted molar refractivity (Wildman–Crippen MR) is 171 cm³/mol. The molecule has 7 nitrogen and oxygen atoms in total. The largest absolute Gasteiger partial charge is 0.494 e. The minimum absolute atomic E-state index is 0.0554. The van der Waals surface area contributed by atoms with E-state index in [2.05, 4.69) is 54.5 Å². The molecule has 8 heteroatoms. The number of fused-ring (bicyclic) bond motifs is 1. The number of hydrogen-bond acceptors (Lipinski definition) is 6. The molecule has 0 unspecified atom stereocenters. The van der Waals surface area contributed by atoms with E-state index in [1.54, 1.807) is 19.4 Å². The van der Waals surface area contributed by atoms with Gasteiger partial charge < -0.3 is 14.2 Å². The van der Waals surface area contributed by atoms with E-state index in [0.717, 1.165) is 38.0 Å². The highest BCUT2D eigenvalue weighted by Gasteiger charge is 2.19. The van der Waals surface area contributed by atoms with Crippen LogP contribution in [0.2, 0.25) is 0 Å². The van der Waals surface area contributed by atoms with E-state index in [9.17, 15) is 4.79 Å². The van der Waals surface area contributed by atoms with Crippen LogP contribution in [0, 0.1) is 10.5 Å². The Balaban J connectivity index is 1.90. The van der Waals surface area contributed by atoms with E-state index in [4.69, 9.17) is 19.2 Å². The van der Waals surface area contributed by atoms with Gasteiger partial charge in [0.05, 0.1) is 40.5 Å². The summed E-state index contributed by atoms with van der Waals surface area (Å²) in [5, 5.41) is 5.19. The fourth-order valence-electron chi connectivity index (χ4n) is 4.41. The van der Waals surface area contributed by atoms with Gasteiger partial charge in [-0.05, 0) is 109 Å². The molecule has 0 bridgehead atoms. The molecule has 0 amide bonds. The number of halogens is 1. The predicted octanol–water partition coefficient (Wildman–Crippen LogP) is 7.57. The van der Waals surface area contributed by atoms with Crippen molar-refractivity contribution in [3.8, 4) is 28.6 Å². The minimum Gasteiger partial charge on any atom is -0.494 e. The van der Waals surface area contributed by atoms with Crippen molar-refractivity contribution in [1.82, 2.24) is 9.66 Å². The summed E-state index contributed by atoms with van der Waals surface area (Å²) in [6.07, 6.45) is 2.60. The van der Waals surface area contributed by atoms with Crippen molar-refractivity contribution >= 4 is 39.7 Å². The lowest BCUT2D eigenvalue weighted by Gasteiger charge is -2.18. The number of benzene rings is 3. The van der Waals surface area contributed by atoms with Crippen LogP contribution in [0.5, 0.6) is 17.2 Å². The molecule has 0 aliphatic heterocycles. The summed E-state index contributed by atoms with van der Waals surface area (Å²) in [6, 6.07) is 15.3. The maximum absolute atomic E-state index is 13.8. The summed E-state index contributed by atoms with van der Waals surface area (Å²) in [4.78, 5) is 18.7. The lowest BCUT2D eigenvalue weighted by atomic mass is 9.96. The number of para-hydroxylation sites is 1. The number of ether oxygens (including phenoxy) is 3. The van der Waals surface area contributed by atoms with Gasteiger partial charge in [-0.25, -0.2) is 4.98 Å². The van der Waals surface area contributed by atoms with Gasteiger partial charge in [-0.1, -0.05) is 32.9 Å². The number of methoxy groups -OCH3 is 1. The van der Waals surface area contributed by atoms with Crippen molar-refractivity contribution in [2.75, 3.05) is 13.7 Å². The first kappa shape index (κ1) is 29.6. The van der Waals surface area contributed by atoms with Gasteiger partial charge in [0, 0.05) is 5.56 Å². The third kappa shape index (κ3) is 6.16. The van der Waals surface area contributed by atoms with Gasteiger partial charge in [0.15, 0.2) is 17.3 Å². The molecule has 0 saturated heterocycles. The molecule has 0 aliphatic rings. The van der Waals surface area contributed by atoms with Gasteiger partial charge in [0.25, 0.3) is 5.56 Å². The number of rotatable bonds is 10. The standard InChI is InChI=1S/C32H36IN3O4/c1-8-21(6)40-30-26(33)15-22(16-29(30)38-7)18-34-36-31(35-27-13-11-10-12-23(27)32(36)37)25-17-24(19(3)4)28(39-9-2)14-20(25)5/h10-19,21H,8-9H2,1-7H3/t21-/m0/s1. The van der Waals surface area contributed by atoms with Gasteiger partial charge in [0.1, 0.15) is 5.75 Å². The van der Waals surface area contributed by atoms with Crippen molar-refractivity contribution < 1.29 is 14.2 Å². The fraction of sp³-hybridized carbons (Fsp3) is 0.344. The third-order valence-corrected chi connectivity index (χ3v) is 7.54. The maximum atomic E-state index is 13.8. The molecule has 0 radical (unpaired) electrons. The Morgan fingerprint density at radius 2 is 1.82 bits per heavy atom. The van der Waals surface area contributed by atoms with E-state index in [-0.39, 0.29) is 17.6 Å². The van der Waals surface area contributed by atoms with Crippen LogP contribution in [-0.4, -0.2) is 35.7 Å². The SMILES string of the molecule is CCOc1cc(C)c(-c2nc3ccccc3c(=O)n2N=Cc2cc(I)c(O[C@@H](C)CC)c(OC)c2)cc1C(C)C. The van der Waals surface area contributed by atoms with E-state index in [1.807, 2.05) is 57.2 Å². The topological polar surface area (TPSA) is 74.9 Å². The van der Waals surface area contributed by atoms with E-state index in [1.165, 1.54) is 4.68 Å². The van der Waals surface area contributed by atoms with Gasteiger partial charge in [-0.15, -0.1) is 0 Å². The average Bonchev–Trinajstić information content (AvgIpc) is 2.93. The molecular weight excluding hydrogens is 617 g/mol. The first-order valence-electron chi connectivity index (χ1n) is 13.6. The summed E-state index contributed by atoms with van der Waals surface area (Å²) in [7, 11) is 1.62. The molecule has 40 heavy (non-hydrogen) atoms. The fourth-order valence-corrected chi connectivity index (χ4v) is 5.17. The van der Waals surface area contributed by atoms with Crippen LogP contribution in [0.25, 0.3) is 22.3 Å². The Labute approximate surface area is 249 Å². The molecule has 210 valence electrons. The second kappa shape index (κ2) is 12.8. The average molecular weight is 654 g/mol. The molecule has 1 heterocycles. The Bertz CT molecular complexity index is 1610. The van der Waals surface area contributed by atoms with Gasteiger partial charge in [-0.3, -0.25) is 4.79 Å². The second-order valence-electron chi connectivity index (χ2n) is 9.98. The van der Waals surface area contributed by atoms with E-state index < -0.39 is 0 Å². The molecule has 0 N–H and O–H groups in total. The van der Waals surface area contributed by atoms with Crippen molar-refractivity contribution in [2.45, 2.75) is 60.0 Å². The van der Waals surface area contributed by atoms with Crippen LogP contribution < -0.4 is 19.8 Å². The maximum Gasteiger partial charge on any atom is 0.282 e. The molecule has 0 saturated carbocycles. The summed E-state index contributed by atoms with van der Waals surface area (Å²) in [5.74, 6) is 2.85. The molecule has 1 atom stereocenters. The Morgan fingerprint density at radius 1 is 1.07 bits per heavy atom. The number of nitrogens with zero attached hydrogens (tertiary/aromatic N) is 3. The third-order valence-electron chi connectivity index (χ3n) is 6.74. The minimum atomic E-state index is -0.241. The highest BCUT2D eigenvalue weighted by Crippen LogP contribution is 2.36. The van der Waals surface area contributed by atoms with Crippen molar-refractivity contribution in [2.24, 2.45) is 5.10 Å². The van der Waals surface area contributed by atoms with E-state index >= 15 is 0 Å². The Kier molecular flexibility index (Phi) is 9.50. The van der Waals surface area contributed by atoms with Crippen LogP contribution in [0.3, 0.4) is 0 Å². The van der Waals surface area contributed by atoms with Crippen LogP contribution >= 0.6 is 22.6 Å². The zero-order valence-corrected chi connectivity index (χ0v) is 26.3. The van der Waals surface area contributed by atoms with Crippen LogP contribution in [-0.2, 0) is 0 Å². The van der Waals surface area contributed by atoms with Gasteiger partial charge in [0.2, 0.25) is 0 Å². The number of hydrogen-bond donors (Lipinski definition) is 0. The zero-order valence-electron chi connectivity index (χ0n) is 24.1. The lowest BCUT2D eigenvalue weighted by Crippen LogP contribution is -2.21. The summed E-state index contributed by atoms with van der Waals surface area (Å²) in [5.41, 5.74) is 3.98. The molecule has 4 rings (SSSR count). The van der Waals surface area contributed by atoms with Crippen molar-refractivity contribution in [3.05, 3.63) is 79.1 Å². The number of aromatic nitrogens is 2. The Hall–Kier alpha value is -3.40. The summed E-state index contributed by atoms with van der Waals surface area (Å²) < 4.78 is 19.9. The zero-order chi connectivity index (χ0) is 29.0. The second-order valence-corrected chi connectivity index (χ2v) is 11.1. The first-order chi connectivity index (χ1) is 19.2. The molecule has 4 aromatic rings. The van der Waals surface area contributed by atoms with Crippen LogP contribution in [0.4, 0.5) is 0 Å².